The molecule has 1 atom stereocenters. The summed E-state index contributed by atoms with van der Waals surface area (Å²) >= 11 is 1.37. The second-order valence-electron chi connectivity index (χ2n) is 4.75. The number of hydrogen-bond acceptors (Lipinski definition) is 2. The minimum Gasteiger partial charge on any atom is -0.337 e. The van der Waals surface area contributed by atoms with E-state index in [1.807, 2.05) is 13.0 Å². The number of likely N-dealkylation sites (tertiary alicyclic amines) is 1. The molecule has 1 saturated heterocycles. The van der Waals surface area contributed by atoms with E-state index in [0.717, 1.165) is 11.3 Å². The minimum atomic E-state index is -4.21. The van der Waals surface area contributed by atoms with Crippen LogP contribution in [0.5, 0.6) is 0 Å². The van der Waals surface area contributed by atoms with Crippen LogP contribution < -0.4 is 0 Å². The van der Waals surface area contributed by atoms with Crippen molar-refractivity contribution in [3.8, 4) is 0 Å². The molecule has 1 fully saturated rings. The highest BCUT2D eigenvalue weighted by Gasteiger charge is 2.42. The number of carbonyl (C=O) groups is 1. The largest absolute Gasteiger partial charge is 0.393 e. The Morgan fingerprint density at radius 2 is 2.21 bits per heavy atom. The first-order valence-electron chi connectivity index (χ1n) is 6.36. The molecule has 0 saturated carbocycles. The molecule has 106 valence electrons. The molecule has 0 bridgehead atoms. The van der Waals surface area contributed by atoms with E-state index in [0.29, 0.717) is 17.8 Å². The van der Waals surface area contributed by atoms with Gasteiger partial charge in [0.1, 0.15) is 0 Å². The summed E-state index contributed by atoms with van der Waals surface area (Å²) in [5.41, 5.74) is 0. The van der Waals surface area contributed by atoms with Crippen LogP contribution in [0.1, 0.15) is 34.3 Å². The lowest BCUT2D eigenvalue weighted by atomic mass is 9.97. The van der Waals surface area contributed by atoms with E-state index in [2.05, 4.69) is 0 Å². The Hall–Kier alpha value is -1.04. The molecule has 0 N–H and O–H groups in total. The number of halogens is 3. The molecular weight excluding hydrogens is 275 g/mol. The monoisotopic (exact) mass is 291 g/mol. The molecule has 1 aromatic heterocycles. The molecule has 2 heterocycles. The number of aryl methyl sites for hydroxylation is 1. The second kappa shape index (κ2) is 5.53. The Morgan fingerprint density at radius 1 is 1.47 bits per heavy atom. The van der Waals surface area contributed by atoms with Gasteiger partial charge in [0.15, 0.2) is 0 Å². The summed E-state index contributed by atoms with van der Waals surface area (Å²) in [7, 11) is 0. The van der Waals surface area contributed by atoms with Crippen molar-refractivity contribution in [1.82, 2.24) is 4.90 Å². The van der Waals surface area contributed by atoms with Crippen LogP contribution in [-0.4, -0.2) is 30.1 Å². The molecule has 6 heteroatoms. The van der Waals surface area contributed by atoms with Crippen LogP contribution in [0.3, 0.4) is 0 Å². The van der Waals surface area contributed by atoms with E-state index in [1.165, 1.54) is 16.2 Å². The smallest absolute Gasteiger partial charge is 0.337 e. The van der Waals surface area contributed by atoms with Gasteiger partial charge >= 0.3 is 6.18 Å². The van der Waals surface area contributed by atoms with E-state index in [4.69, 9.17) is 0 Å². The van der Waals surface area contributed by atoms with Gasteiger partial charge < -0.3 is 4.90 Å². The lowest BCUT2D eigenvalue weighted by Crippen LogP contribution is -2.44. The number of piperidine rings is 1. The van der Waals surface area contributed by atoms with Gasteiger partial charge in [0.05, 0.1) is 10.8 Å². The van der Waals surface area contributed by atoms with Crippen LogP contribution in [0.4, 0.5) is 13.2 Å². The average Bonchev–Trinajstić information content (AvgIpc) is 2.86. The first-order valence-corrected chi connectivity index (χ1v) is 7.18. The summed E-state index contributed by atoms with van der Waals surface area (Å²) in [6.45, 7) is 2.20. The van der Waals surface area contributed by atoms with Crippen molar-refractivity contribution in [3.05, 3.63) is 21.9 Å². The molecule has 0 unspecified atom stereocenters. The predicted molar refractivity (Wildman–Crippen MR) is 68.4 cm³/mol. The standard InChI is InChI=1S/C13H16F3NOS/c1-2-10-5-6-11(19-10)12(18)17-7-3-4-9(8-17)13(14,15)16/h5-6,9H,2-4,7-8H2,1H3/t9-/m1/s1. The molecular formula is C13H16F3NOS. The van der Waals surface area contributed by atoms with Crippen molar-refractivity contribution in [3.63, 3.8) is 0 Å². The quantitative estimate of drug-likeness (QED) is 0.813. The van der Waals surface area contributed by atoms with E-state index in [-0.39, 0.29) is 18.9 Å². The molecule has 1 aromatic rings. The molecule has 0 aromatic carbocycles. The highest BCUT2D eigenvalue weighted by molar-refractivity contribution is 7.14. The first-order chi connectivity index (χ1) is 8.91. The highest BCUT2D eigenvalue weighted by atomic mass is 32.1. The van der Waals surface area contributed by atoms with Crippen LogP contribution in [-0.2, 0) is 6.42 Å². The fourth-order valence-corrected chi connectivity index (χ4v) is 3.18. The molecule has 0 aliphatic carbocycles. The third kappa shape index (κ3) is 3.29. The zero-order chi connectivity index (χ0) is 14.0. The highest BCUT2D eigenvalue weighted by Crippen LogP contribution is 2.33. The molecule has 2 rings (SSSR count). The van der Waals surface area contributed by atoms with Gasteiger partial charge in [-0.3, -0.25) is 4.79 Å². The Kier molecular flexibility index (Phi) is 4.18. The Bertz CT molecular complexity index is 455. The van der Waals surface area contributed by atoms with Gasteiger partial charge in [-0.25, -0.2) is 0 Å². The predicted octanol–water partition coefficient (Wildman–Crippen LogP) is 3.73. The maximum Gasteiger partial charge on any atom is 0.393 e. The second-order valence-corrected chi connectivity index (χ2v) is 5.92. The number of hydrogen-bond donors (Lipinski definition) is 0. The normalized spacial score (nSPS) is 20.6. The fraction of sp³-hybridized carbons (Fsp3) is 0.615. The van der Waals surface area contributed by atoms with Crippen molar-refractivity contribution in [2.45, 2.75) is 32.4 Å². The van der Waals surface area contributed by atoms with Gasteiger partial charge in [-0.1, -0.05) is 6.92 Å². The van der Waals surface area contributed by atoms with E-state index in [1.54, 1.807) is 6.07 Å². The zero-order valence-corrected chi connectivity index (χ0v) is 11.5. The van der Waals surface area contributed by atoms with Gasteiger partial charge in [0.25, 0.3) is 5.91 Å². The van der Waals surface area contributed by atoms with Gasteiger partial charge in [-0.15, -0.1) is 11.3 Å². The third-order valence-corrected chi connectivity index (χ3v) is 4.61. The summed E-state index contributed by atoms with van der Waals surface area (Å²) in [5.74, 6) is -1.64. The number of alkyl halides is 3. The Morgan fingerprint density at radius 3 is 2.79 bits per heavy atom. The number of amides is 1. The lowest BCUT2D eigenvalue weighted by molar-refractivity contribution is -0.184. The van der Waals surface area contributed by atoms with Crippen LogP contribution >= 0.6 is 11.3 Å². The van der Waals surface area contributed by atoms with Gasteiger partial charge in [-0.2, -0.15) is 13.2 Å². The summed E-state index contributed by atoms with van der Waals surface area (Å²) in [5, 5.41) is 0. The average molecular weight is 291 g/mol. The summed E-state index contributed by atoms with van der Waals surface area (Å²) in [4.78, 5) is 15.1. The topological polar surface area (TPSA) is 20.3 Å². The van der Waals surface area contributed by atoms with Crippen molar-refractivity contribution < 1.29 is 18.0 Å². The lowest BCUT2D eigenvalue weighted by Gasteiger charge is -2.33. The Labute approximate surface area is 114 Å². The number of carbonyl (C=O) groups excluding carboxylic acids is 1. The molecule has 2 nitrogen and oxygen atoms in total. The van der Waals surface area contributed by atoms with Gasteiger partial charge in [0.2, 0.25) is 0 Å². The first kappa shape index (κ1) is 14.4. The zero-order valence-electron chi connectivity index (χ0n) is 10.7. The van der Waals surface area contributed by atoms with Crippen molar-refractivity contribution in [2.75, 3.05) is 13.1 Å². The van der Waals surface area contributed by atoms with Crippen molar-refractivity contribution >= 4 is 17.2 Å². The fourth-order valence-electron chi connectivity index (χ4n) is 2.27. The molecule has 0 spiro atoms. The molecule has 1 aliphatic heterocycles. The summed E-state index contributed by atoms with van der Waals surface area (Å²) < 4.78 is 38.1. The number of rotatable bonds is 2. The van der Waals surface area contributed by atoms with Crippen LogP contribution in [0, 0.1) is 5.92 Å². The molecule has 19 heavy (non-hydrogen) atoms. The van der Waals surface area contributed by atoms with Gasteiger partial charge in [-0.05, 0) is 31.4 Å². The molecule has 1 aliphatic rings. The van der Waals surface area contributed by atoms with E-state index in [9.17, 15) is 18.0 Å². The van der Waals surface area contributed by atoms with Crippen LogP contribution in [0.2, 0.25) is 0 Å². The van der Waals surface area contributed by atoms with E-state index >= 15 is 0 Å². The Balaban J connectivity index is 2.07. The SMILES string of the molecule is CCc1ccc(C(=O)N2CCC[C@@H](C(F)(F)F)C2)s1. The molecule has 1 amide bonds. The number of nitrogens with zero attached hydrogens (tertiary/aromatic N) is 1. The van der Waals surface area contributed by atoms with Crippen LogP contribution in [0.25, 0.3) is 0 Å². The van der Waals surface area contributed by atoms with Crippen molar-refractivity contribution in [1.29, 1.82) is 0 Å². The van der Waals surface area contributed by atoms with E-state index < -0.39 is 12.1 Å². The third-order valence-electron chi connectivity index (χ3n) is 3.39. The van der Waals surface area contributed by atoms with Crippen LogP contribution in [0.15, 0.2) is 12.1 Å². The maximum absolute atomic E-state index is 12.7. The molecule has 0 radical (unpaired) electrons. The summed E-state index contributed by atoms with van der Waals surface area (Å²) in [6.07, 6.45) is -2.83. The summed E-state index contributed by atoms with van der Waals surface area (Å²) in [6, 6.07) is 3.58. The van der Waals surface area contributed by atoms with Crippen molar-refractivity contribution in [2.24, 2.45) is 5.92 Å². The van der Waals surface area contributed by atoms with Gasteiger partial charge in [0, 0.05) is 18.0 Å². The maximum atomic E-state index is 12.7. The minimum absolute atomic E-state index is 0.123. The number of thiophene rings is 1.